The average molecular weight is 246 g/mol. The molecule has 5 nitrogen and oxygen atoms in total. The van der Waals surface area contributed by atoms with Crippen molar-refractivity contribution in [3.05, 3.63) is 23.9 Å². The molecule has 0 atom stereocenters. The van der Waals surface area contributed by atoms with E-state index in [0.29, 0.717) is 19.1 Å². The fourth-order valence-corrected chi connectivity index (χ4v) is 2.13. The highest BCUT2D eigenvalue weighted by molar-refractivity contribution is 5.77. The van der Waals surface area contributed by atoms with Crippen molar-refractivity contribution in [2.45, 2.75) is 13.3 Å². The van der Waals surface area contributed by atoms with Crippen LogP contribution in [-0.2, 0) is 6.42 Å². The number of aryl methyl sites for hydroxylation is 1. The fraction of sp³-hybridized carbons (Fsp3) is 0.308. The Morgan fingerprint density at radius 3 is 2.50 bits per heavy atom. The van der Waals surface area contributed by atoms with E-state index in [4.69, 9.17) is 19.7 Å². The van der Waals surface area contributed by atoms with Crippen LogP contribution in [0.25, 0.3) is 11.1 Å². The summed E-state index contributed by atoms with van der Waals surface area (Å²) in [6.45, 7) is 3.24. The zero-order valence-electron chi connectivity index (χ0n) is 10.1. The number of nitrogens with two attached hydrogens (primary N) is 1. The Morgan fingerprint density at radius 1 is 1.17 bits per heavy atom. The zero-order chi connectivity index (χ0) is 12.5. The molecule has 2 N–H and O–H groups in total. The van der Waals surface area contributed by atoms with Crippen molar-refractivity contribution in [1.29, 1.82) is 0 Å². The fourth-order valence-electron chi connectivity index (χ4n) is 2.13. The highest BCUT2D eigenvalue weighted by Crippen LogP contribution is 2.39. The molecule has 3 rings (SSSR count). The van der Waals surface area contributed by atoms with Crippen LogP contribution in [0, 0.1) is 0 Å². The molecule has 1 aromatic carbocycles. The normalized spacial score (nSPS) is 13.6. The van der Waals surface area contributed by atoms with Gasteiger partial charge in [0.05, 0.1) is 11.8 Å². The number of nitrogens with zero attached hydrogens (tertiary/aromatic N) is 1. The lowest BCUT2D eigenvalue weighted by atomic mass is 9.99. The summed E-state index contributed by atoms with van der Waals surface area (Å²) in [5.74, 6) is 1.85. The number of benzene rings is 1. The van der Waals surface area contributed by atoms with Gasteiger partial charge in [-0.25, -0.2) is 0 Å². The van der Waals surface area contributed by atoms with Gasteiger partial charge < -0.3 is 19.7 Å². The maximum Gasteiger partial charge on any atom is 0.229 e. The van der Waals surface area contributed by atoms with E-state index in [1.54, 1.807) is 6.20 Å². The summed E-state index contributed by atoms with van der Waals surface area (Å²) >= 11 is 0. The molecule has 94 valence electrons. The van der Waals surface area contributed by atoms with E-state index in [1.165, 1.54) is 0 Å². The number of hydrogen-bond acceptors (Lipinski definition) is 5. The monoisotopic (exact) mass is 246 g/mol. The van der Waals surface area contributed by atoms with E-state index in [-0.39, 0.29) is 0 Å². The van der Waals surface area contributed by atoms with E-state index in [1.807, 2.05) is 12.1 Å². The Hall–Kier alpha value is -2.17. The molecule has 0 spiro atoms. The Morgan fingerprint density at radius 2 is 1.89 bits per heavy atom. The summed E-state index contributed by atoms with van der Waals surface area (Å²) in [7, 11) is 0. The van der Waals surface area contributed by atoms with Crippen LogP contribution >= 0.6 is 0 Å². The van der Waals surface area contributed by atoms with Crippen molar-refractivity contribution in [2.75, 3.05) is 18.9 Å². The summed E-state index contributed by atoms with van der Waals surface area (Å²) in [6.07, 6.45) is 2.50. The Labute approximate surface area is 104 Å². The Balaban J connectivity index is 2.16. The molecule has 18 heavy (non-hydrogen) atoms. The number of ether oxygens (including phenoxy) is 2. The van der Waals surface area contributed by atoms with Crippen molar-refractivity contribution < 1.29 is 14.0 Å². The highest BCUT2D eigenvalue weighted by Gasteiger charge is 2.18. The van der Waals surface area contributed by atoms with Gasteiger partial charge in [0.2, 0.25) is 5.88 Å². The van der Waals surface area contributed by atoms with E-state index >= 15 is 0 Å². The van der Waals surface area contributed by atoms with Crippen LogP contribution in [0.1, 0.15) is 12.5 Å². The van der Waals surface area contributed by atoms with Gasteiger partial charge in [0.25, 0.3) is 0 Å². The smallest absolute Gasteiger partial charge is 0.229 e. The van der Waals surface area contributed by atoms with Crippen LogP contribution in [0.4, 0.5) is 5.88 Å². The molecular weight excluding hydrogens is 232 g/mol. The molecule has 0 saturated carbocycles. The van der Waals surface area contributed by atoms with Crippen LogP contribution in [0.2, 0.25) is 0 Å². The van der Waals surface area contributed by atoms with E-state index < -0.39 is 0 Å². The van der Waals surface area contributed by atoms with E-state index in [0.717, 1.165) is 34.6 Å². The minimum absolute atomic E-state index is 0.321. The van der Waals surface area contributed by atoms with Gasteiger partial charge in [0.1, 0.15) is 13.2 Å². The second-order valence-corrected chi connectivity index (χ2v) is 4.11. The summed E-state index contributed by atoms with van der Waals surface area (Å²) in [5.41, 5.74) is 8.69. The number of nitrogen functional groups attached to an aromatic ring is 1. The average Bonchev–Trinajstić information content (AvgIpc) is 2.83. The third-order valence-electron chi connectivity index (χ3n) is 3.04. The second-order valence-electron chi connectivity index (χ2n) is 4.11. The number of rotatable bonds is 2. The maximum absolute atomic E-state index is 5.77. The van der Waals surface area contributed by atoms with Crippen LogP contribution in [-0.4, -0.2) is 18.4 Å². The summed E-state index contributed by atoms with van der Waals surface area (Å²) < 4.78 is 16.1. The van der Waals surface area contributed by atoms with Gasteiger partial charge in [-0.3, -0.25) is 0 Å². The predicted molar refractivity (Wildman–Crippen MR) is 66.7 cm³/mol. The highest BCUT2D eigenvalue weighted by atomic mass is 16.6. The van der Waals surface area contributed by atoms with Crippen LogP contribution in [0.15, 0.2) is 22.9 Å². The zero-order valence-corrected chi connectivity index (χ0v) is 10.1. The van der Waals surface area contributed by atoms with E-state index in [2.05, 4.69) is 12.1 Å². The summed E-state index contributed by atoms with van der Waals surface area (Å²) in [6, 6.07) is 3.94. The van der Waals surface area contributed by atoms with Gasteiger partial charge in [0.15, 0.2) is 11.5 Å². The number of aromatic nitrogens is 1. The molecule has 0 radical (unpaired) electrons. The first kappa shape index (κ1) is 11.0. The maximum atomic E-state index is 5.77. The summed E-state index contributed by atoms with van der Waals surface area (Å²) in [5, 5.41) is 3.71. The third-order valence-corrected chi connectivity index (χ3v) is 3.04. The minimum Gasteiger partial charge on any atom is -0.486 e. The van der Waals surface area contributed by atoms with Crippen LogP contribution in [0.5, 0.6) is 11.5 Å². The molecule has 0 saturated heterocycles. The summed E-state index contributed by atoms with van der Waals surface area (Å²) in [4.78, 5) is 0. The molecule has 1 aromatic heterocycles. The molecule has 2 aromatic rings. The van der Waals surface area contributed by atoms with Crippen molar-refractivity contribution in [2.24, 2.45) is 0 Å². The molecule has 5 heteroatoms. The molecule has 1 aliphatic rings. The topological polar surface area (TPSA) is 70.5 Å². The first-order valence-corrected chi connectivity index (χ1v) is 5.92. The second kappa shape index (κ2) is 4.25. The number of anilines is 1. The number of hydrogen-bond donors (Lipinski definition) is 1. The van der Waals surface area contributed by atoms with Crippen molar-refractivity contribution in [1.82, 2.24) is 5.16 Å². The lowest BCUT2D eigenvalue weighted by molar-refractivity contribution is 0.171. The molecule has 0 bridgehead atoms. The molecule has 0 unspecified atom stereocenters. The first-order valence-electron chi connectivity index (χ1n) is 5.92. The molecule has 1 aliphatic heterocycles. The lowest BCUT2D eigenvalue weighted by Crippen LogP contribution is -2.15. The van der Waals surface area contributed by atoms with Crippen molar-refractivity contribution in [3.8, 4) is 22.6 Å². The van der Waals surface area contributed by atoms with Crippen molar-refractivity contribution >= 4 is 5.88 Å². The van der Waals surface area contributed by atoms with Crippen LogP contribution < -0.4 is 15.2 Å². The van der Waals surface area contributed by atoms with Gasteiger partial charge >= 0.3 is 0 Å². The third kappa shape index (κ3) is 1.68. The van der Waals surface area contributed by atoms with Gasteiger partial charge in [-0.1, -0.05) is 12.1 Å². The molecule has 2 heterocycles. The van der Waals surface area contributed by atoms with Crippen molar-refractivity contribution in [3.63, 3.8) is 0 Å². The van der Waals surface area contributed by atoms with Gasteiger partial charge in [-0.05, 0) is 29.7 Å². The Bertz CT molecular complexity index is 578. The lowest BCUT2D eigenvalue weighted by Gasteiger charge is -2.20. The standard InChI is InChI=1S/C13H14N2O3/c1-2-8-5-11-12(17-4-3-16-11)6-9(8)10-7-15-18-13(10)14/h5-7H,2-4,14H2,1H3. The molecule has 0 fully saturated rings. The number of fused-ring (bicyclic) bond motifs is 1. The van der Waals surface area contributed by atoms with Gasteiger partial charge in [0, 0.05) is 0 Å². The first-order chi connectivity index (χ1) is 8.79. The van der Waals surface area contributed by atoms with Gasteiger partial charge in [-0.2, -0.15) is 0 Å². The molecule has 0 amide bonds. The molecule has 0 aliphatic carbocycles. The quantitative estimate of drug-likeness (QED) is 0.880. The Kier molecular flexibility index (Phi) is 2.59. The largest absolute Gasteiger partial charge is 0.486 e. The minimum atomic E-state index is 0.321. The molecular formula is C13H14N2O3. The van der Waals surface area contributed by atoms with Gasteiger partial charge in [-0.15, -0.1) is 0 Å². The SMILES string of the molecule is CCc1cc2c(cc1-c1cnoc1N)OCCO2. The predicted octanol–water partition coefficient (Wildman–Crippen LogP) is 2.26. The van der Waals surface area contributed by atoms with Crippen LogP contribution in [0.3, 0.4) is 0 Å². The van der Waals surface area contributed by atoms with E-state index in [9.17, 15) is 0 Å².